The molecule has 1 aliphatic carbocycles. The Kier molecular flexibility index (Phi) is 5.76. The van der Waals surface area contributed by atoms with Crippen molar-refractivity contribution in [2.24, 2.45) is 4.99 Å². The Labute approximate surface area is 175 Å². The van der Waals surface area contributed by atoms with Crippen molar-refractivity contribution in [3.63, 3.8) is 0 Å². The number of aromatic nitrogens is 2. The summed E-state index contributed by atoms with van der Waals surface area (Å²) in [6.45, 7) is 2.48. The molecule has 8 nitrogen and oxygen atoms in total. The molecule has 3 atom stereocenters. The molecule has 2 unspecified atom stereocenters. The SMILES string of the molecule is CCOc1cc2c(cc1OC)C(c1cc(OC)nnc1OC)=NC1CCC(O)C[C@H]21. The van der Waals surface area contributed by atoms with Crippen molar-refractivity contribution in [3.8, 4) is 23.3 Å². The van der Waals surface area contributed by atoms with Crippen molar-refractivity contribution in [1.29, 1.82) is 0 Å². The zero-order valence-corrected chi connectivity index (χ0v) is 17.7. The highest BCUT2D eigenvalue weighted by Gasteiger charge is 2.38. The molecule has 1 aromatic heterocycles. The van der Waals surface area contributed by atoms with Crippen molar-refractivity contribution >= 4 is 5.71 Å². The minimum Gasteiger partial charge on any atom is -0.493 e. The van der Waals surface area contributed by atoms with Gasteiger partial charge in [-0.1, -0.05) is 0 Å². The van der Waals surface area contributed by atoms with Crippen LogP contribution in [0.3, 0.4) is 0 Å². The summed E-state index contributed by atoms with van der Waals surface area (Å²) in [6.07, 6.45) is 1.88. The molecule has 0 radical (unpaired) electrons. The molecule has 2 heterocycles. The third-order valence-electron chi connectivity index (χ3n) is 5.77. The number of rotatable bonds is 6. The lowest BCUT2D eigenvalue weighted by atomic mass is 9.74. The highest BCUT2D eigenvalue weighted by atomic mass is 16.5. The summed E-state index contributed by atoms with van der Waals surface area (Å²) in [5.41, 5.74) is 3.47. The number of fused-ring (bicyclic) bond motifs is 3. The van der Waals surface area contributed by atoms with E-state index in [1.165, 1.54) is 0 Å². The monoisotopic (exact) mass is 413 g/mol. The number of methoxy groups -OCH3 is 3. The number of aliphatic hydroxyl groups is 1. The number of aliphatic imine (C=N–C) groups is 1. The molecule has 1 saturated carbocycles. The van der Waals surface area contributed by atoms with E-state index in [4.69, 9.17) is 23.9 Å². The van der Waals surface area contributed by atoms with Crippen molar-refractivity contribution in [2.75, 3.05) is 27.9 Å². The summed E-state index contributed by atoms with van der Waals surface area (Å²) in [6, 6.07) is 5.82. The topological polar surface area (TPSA) is 95.3 Å². The molecular formula is C22H27N3O5. The van der Waals surface area contributed by atoms with Crippen molar-refractivity contribution in [1.82, 2.24) is 10.2 Å². The van der Waals surface area contributed by atoms with Gasteiger partial charge in [0.15, 0.2) is 11.5 Å². The lowest BCUT2D eigenvalue weighted by Crippen LogP contribution is -2.34. The van der Waals surface area contributed by atoms with Crippen LogP contribution >= 0.6 is 0 Å². The molecule has 8 heteroatoms. The largest absolute Gasteiger partial charge is 0.493 e. The lowest BCUT2D eigenvalue weighted by Gasteiger charge is -2.37. The molecule has 1 aliphatic heterocycles. The van der Waals surface area contributed by atoms with E-state index < -0.39 is 0 Å². The summed E-state index contributed by atoms with van der Waals surface area (Å²) in [5, 5.41) is 18.5. The fourth-order valence-electron chi connectivity index (χ4n) is 4.37. The second kappa shape index (κ2) is 8.47. The van der Waals surface area contributed by atoms with Crippen LogP contribution in [0.15, 0.2) is 23.2 Å². The van der Waals surface area contributed by atoms with Gasteiger partial charge in [-0.15, -0.1) is 10.2 Å². The summed E-state index contributed by atoms with van der Waals surface area (Å²) < 4.78 is 22.2. The van der Waals surface area contributed by atoms with Gasteiger partial charge >= 0.3 is 0 Å². The normalized spacial score (nSPS) is 22.4. The molecule has 4 rings (SSSR count). The fraction of sp³-hybridized carbons (Fsp3) is 0.500. The van der Waals surface area contributed by atoms with Crippen molar-refractivity contribution < 1.29 is 24.1 Å². The van der Waals surface area contributed by atoms with Gasteiger partial charge in [-0.3, -0.25) is 4.99 Å². The number of ether oxygens (including phenoxy) is 4. The summed E-state index contributed by atoms with van der Waals surface area (Å²) in [7, 11) is 4.73. The van der Waals surface area contributed by atoms with Crippen LogP contribution in [0.4, 0.5) is 0 Å². The van der Waals surface area contributed by atoms with Crippen LogP contribution in [0.25, 0.3) is 0 Å². The fourth-order valence-corrected chi connectivity index (χ4v) is 4.37. The molecule has 1 aromatic carbocycles. The average Bonchev–Trinajstić information content (AvgIpc) is 2.78. The number of aliphatic hydroxyl groups excluding tert-OH is 1. The second-order valence-electron chi connectivity index (χ2n) is 7.45. The second-order valence-corrected chi connectivity index (χ2v) is 7.45. The molecule has 30 heavy (non-hydrogen) atoms. The Bertz CT molecular complexity index is 962. The van der Waals surface area contributed by atoms with Gasteiger partial charge < -0.3 is 24.1 Å². The average molecular weight is 413 g/mol. The van der Waals surface area contributed by atoms with E-state index >= 15 is 0 Å². The highest BCUT2D eigenvalue weighted by Crippen LogP contribution is 2.45. The number of nitrogens with zero attached hydrogens (tertiary/aromatic N) is 3. The zero-order valence-electron chi connectivity index (χ0n) is 17.7. The van der Waals surface area contributed by atoms with Crippen LogP contribution in [0.5, 0.6) is 23.3 Å². The molecule has 2 aromatic rings. The van der Waals surface area contributed by atoms with E-state index in [0.29, 0.717) is 41.9 Å². The van der Waals surface area contributed by atoms with Gasteiger partial charge in [0.2, 0.25) is 11.8 Å². The third kappa shape index (κ3) is 3.56. The predicted molar refractivity (Wildman–Crippen MR) is 111 cm³/mol. The number of benzene rings is 1. The van der Waals surface area contributed by atoms with Gasteiger partial charge in [-0.2, -0.15) is 0 Å². The van der Waals surface area contributed by atoms with E-state index in [9.17, 15) is 5.11 Å². The van der Waals surface area contributed by atoms with Gasteiger partial charge in [0.25, 0.3) is 0 Å². The molecule has 0 saturated heterocycles. The van der Waals surface area contributed by atoms with E-state index in [-0.39, 0.29) is 18.1 Å². The van der Waals surface area contributed by atoms with Gasteiger partial charge in [0.05, 0.1) is 51.4 Å². The van der Waals surface area contributed by atoms with Gasteiger partial charge in [-0.05, 0) is 43.9 Å². The Morgan fingerprint density at radius 2 is 1.80 bits per heavy atom. The van der Waals surface area contributed by atoms with Crippen LogP contribution in [0.2, 0.25) is 0 Å². The summed E-state index contributed by atoms with van der Waals surface area (Å²) in [4.78, 5) is 5.09. The Hall–Kier alpha value is -2.87. The number of hydrogen-bond acceptors (Lipinski definition) is 8. The maximum Gasteiger partial charge on any atom is 0.243 e. The molecule has 2 aliphatic rings. The van der Waals surface area contributed by atoms with Gasteiger partial charge in [0.1, 0.15) is 0 Å². The van der Waals surface area contributed by atoms with Gasteiger partial charge in [0, 0.05) is 17.5 Å². The van der Waals surface area contributed by atoms with Crippen LogP contribution in [0, 0.1) is 0 Å². The maximum atomic E-state index is 10.3. The van der Waals surface area contributed by atoms with E-state index in [1.807, 2.05) is 19.1 Å². The molecule has 0 amide bonds. The first kappa shape index (κ1) is 20.4. The first-order valence-electron chi connectivity index (χ1n) is 10.2. The smallest absolute Gasteiger partial charge is 0.243 e. The van der Waals surface area contributed by atoms with E-state index in [1.54, 1.807) is 27.4 Å². The van der Waals surface area contributed by atoms with Crippen LogP contribution in [-0.4, -0.2) is 61.1 Å². The molecule has 1 fully saturated rings. The third-order valence-corrected chi connectivity index (χ3v) is 5.77. The van der Waals surface area contributed by atoms with E-state index in [2.05, 4.69) is 10.2 Å². The van der Waals surface area contributed by atoms with Gasteiger partial charge in [-0.25, -0.2) is 0 Å². The quantitative estimate of drug-likeness (QED) is 0.778. The molecule has 160 valence electrons. The summed E-state index contributed by atoms with van der Waals surface area (Å²) in [5.74, 6) is 2.19. The lowest BCUT2D eigenvalue weighted by molar-refractivity contribution is 0.111. The van der Waals surface area contributed by atoms with Crippen LogP contribution in [0.1, 0.15) is 48.8 Å². The maximum absolute atomic E-state index is 10.3. The van der Waals surface area contributed by atoms with Crippen LogP contribution < -0.4 is 18.9 Å². The Morgan fingerprint density at radius 1 is 0.967 bits per heavy atom. The van der Waals surface area contributed by atoms with Crippen molar-refractivity contribution in [2.45, 2.75) is 44.2 Å². The molecular weight excluding hydrogens is 386 g/mol. The van der Waals surface area contributed by atoms with Crippen LogP contribution in [-0.2, 0) is 0 Å². The first-order valence-corrected chi connectivity index (χ1v) is 10.2. The molecule has 0 spiro atoms. The Morgan fingerprint density at radius 3 is 2.50 bits per heavy atom. The highest BCUT2D eigenvalue weighted by molar-refractivity contribution is 6.16. The predicted octanol–water partition coefficient (Wildman–Crippen LogP) is 2.75. The summed E-state index contributed by atoms with van der Waals surface area (Å²) >= 11 is 0. The molecule has 1 N–H and O–H groups in total. The first-order chi connectivity index (χ1) is 14.6. The minimum absolute atomic E-state index is 0.0580. The van der Waals surface area contributed by atoms with Crippen molar-refractivity contribution in [3.05, 3.63) is 34.9 Å². The zero-order chi connectivity index (χ0) is 21.3. The van der Waals surface area contributed by atoms with E-state index in [0.717, 1.165) is 29.7 Å². The number of hydrogen-bond donors (Lipinski definition) is 1. The minimum atomic E-state index is -0.328. The standard InChI is InChI=1S/C22H27N3O5/c1-5-30-19-9-13-14-8-12(26)6-7-17(14)23-21(15(13)10-18(19)27-2)16-11-20(28-3)24-25-22(16)29-4/h9-12,14,17,26H,5-8H2,1-4H3/t12?,14-,17?/m1/s1. The molecule has 0 bridgehead atoms. The Balaban J connectivity index is 1.93.